The number of rotatable bonds is 7. The quantitative estimate of drug-likeness (QED) is 0.360. The largest absolute Gasteiger partial charge is 0.492 e. The standard InChI is InChI=1S/C21H21ClF3N3O4/c22-16-2-1-3-17(13-16)32-11-8-26-20(29)14-6-9-27(10-7-14)18-5-4-15(21(23,24)25)12-19(18)28(30)31/h1-5,12-14H,6-11H2,(H,26,29). The molecule has 0 spiro atoms. The number of hydrogen-bond acceptors (Lipinski definition) is 5. The summed E-state index contributed by atoms with van der Waals surface area (Å²) in [4.78, 5) is 24.5. The van der Waals surface area contributed by atoms with Crippen molar-refractivity contribution >= 4 is 28.9 Å². The maximum Gasteiger partial charge on any atom is 0.416 e. The number of piperidine rings is 1. The molecule has 0 bridgehead atoms. The molecular weight excluding hydrogens is 451 g/mol. The van der Waals surface area contributed by atoms with Crippen molar-refractivity contribution in [1.29, 1.82) is 0 Å². The number of carbonyl (C=O) groups excluding carboxylic acids is 1. The molecule has 0 atom stereocenters. The topological polar surface area (TPSA) is 84.7 Å². The van der Waals surface area contributed by atoms with Crippen molar-refractivity contribution in [3.8, 4) is 5.75 Å². The zero-order valence-electron chi connectivity index (χ0n) is 16.9. The average molecular weight is 472 g/mol. The number of hydrogen-bond donors (Lipinski definition) is 1. The molecule has 7 nitrogen and oxygen atoms in total. The lowest BCUT2D eigenvalue weighted by Gasteiger charge is -2.32. The van der Waals surface area contributed by atoms with E-state index in [-0.39, 0.29) is 24.1 Å². The van der Waals surface area contributed by atoms with Crippen LogP contribution >= 0.6 is 11.6 Å². The van der Waals surface area contributed by atoms with Gasteiger partial charge in [0.15, 0.2) is 0 Å². The van der Waals surface area contributed by atoms with E-state index in [9.17, 15) is 28.1 Å². The number of benzene rings is 2. The fourth-order valence-corrected chi connectivity index (χ4v) is 3.72. The van der Waals surface area contributed by atoms with Crippen LogP contribution in [0.2, 0.25) is 5.02 Å². The van der Waals surface area contributed by atoms with Crippen molar-refractivity contribution in [2.24, 2.45) is 5.92 Å². The SMILES string of the molecule is O=C(NCCOc1cccc(Cl)c1)C1CCN(c2ccc(C(F)(F)F)cc2[N+](=O)[O-])CC1. The number of nitro groups is 1. The third kappa shape index (κ3) is 6.03. The summed E-state index contributed by atoms with van der Waals surface area (Å²) >= 11 is 5.88. The second-order valence-electron chi connectivity index (χ2n) is 7.32. The molecule has 2 aromatic carbocycles. The summed E-state index contributed by atoms with van der Waals surface area (Å²) in [5.74, 6) is 0.158. The Bertz CT molecular complexity index is 979. The van der Waals surface area contributed by atoms with Crippen LogP contribution in [0.5, 0.6) is 5.75 Å². The minimum Gasteiger partial charge on any atom is -0.492 e. The van der Waals surface area contributed by atoms with Crippen LogP contribution in [-0.4, -0.2) is 37.1 Å². The predicted octanol–water partition coefficient (Wildman–Crippen LogP) is 4.68. The summed E-state index contributed by atoms with van der Waals surface area (Å²) in [6, 6.07) is 9.40. The highest BCUT2D eigenvalue weighted by molar-refractivity contribution is 6.30. The number of amides is 1. The Morgan fingerprint density at radius 2 is 1.94 bits per heavy atom. The molecule has 1 aliphatic rings. The van der Waals surface area contributed by atoms with Crippen LogP contribution in [0.4, 0.5) is 24.5 Å². The number of carbonyl (C=O) groups is 1. The van der Waals surface area contributed by atoms with Gasteiger partial charge >= 0.3 is 6.18 Å². The lowest BCUT2D eigenvalue weighted by Crippen LogP contribution is -2.41. The summed E-state index contributed by atoms with van der Waals surface area (Å²) in [5.41, 5.74) is -1.54. The van der Waals surface area contributed by atoms with E-state index in [1.807, 2.05) is 0 Å². The molecule has 11 heteroatoms. The van der Waals surface area contributed by atoms with Gasteiger partial charge < -0.3 is 15.0 Å². The number of ether oxygens (including phenoxy) is 1. The smallest absolute Gasteiger partial charge is 0.416 e. The van der Waals surface area contributed by atoms with Gasteiger partial charge in [-0.2, -0.15) is 13.2 Å². The van der Waals surface area contributed by atoms with E-state index in [0.717, 1.165) is 12.1 Å². The van der Waals surface area contributed by atoms with E-state index in [4.69, 9.17) is 16.3 Å². The van der Waals surface area contributed by atoms with Gasteiger partial charge in [-0.15, -0.1) is 0 Å². The molecule has 3 rings (SSSR count). The second-order valence-corrected chi connectivity index (χ2v) is 7.75. The number of nitrogens with one attached hydrogen (secondary N) is 1. The van der Waals surface area contributed by atoms with Gasteiger partial charge in [-0.05, 0) is 43.2 Å². The summed E-state index contributed by atoms with van der Waals surface area (Å²) in [6.45, 7) is 1.21. The first-order valence-corrected chi connectivity index (χ1v) is 10.3. The van der Waals surface area contributed by atoms with Gasteiger partial charge in [-0.3, -0.25) is 14.9 Å². The lowest BCUT2D eigenvalue weighted by molar-refractivity contribution is -0.384. The molecule has 0 saturated carbocycles. The fraction of sp³-hybridized carbons (Fsp3) is 0.381. The third-order valence-electron chi connectivity index (χ3n) is 5.17. The van der Waals surface area contributed by atoms with Crippen LogP contribution in [0.1, 0.15) is 18.4 Å². The van der Waals surface area contributed by atoms with Gasteiger partial charge in [-0.1, -0.05) is 17.7 Å². The van der Waals surface area contributed by atoms with Gasteiger partial charge in [0.05, 0.1) is 17.0 Å². The third-order valence-corrected chi connectivity index (χ3v) is 5.41. The Morgan fingerprint density at radius 1 is 1.22 bits per heavy atom. The molecule has 1 amide bonds. The average Bonchev–Trinajstić information content (AvgIpc) is 2.75. The molecule has 1 heterocycles. The molecule has 0 aliphatic carbocycles. The molecular formula is C21H21ClF3N3O4. The van der Waals surface area contributed by atoms with Crippen molar-refractivity contribution in [1.82, 2.24) is 5.32 Å². The molecule has 0 unspecified atom stereocenters. The zero-order chi connectivity index (χ0) is 23.3. The molecule has 0 radical (unpaired) electrons. The Balaban J connectivity index is 1.51. The van der Waals surface area contributed by atoms with Crippen molar-refractivity contribution in [3.63, 3.8) is 0 Å². The zero-order valence-corrected chi connectivity index (χ0v) is 17.7. The van der Waals surface area contributed by atoms with Gasteiger partial charge in [-0.25, -0.2) is 0 Å². The number of nitro benzene ring substituents is 1. The van der Waals surface area contributed by atoms with Crippen molar-refractivity contribution in [2.45, 2.75) is 19.0 Å². The minimum atomic E-state index is -4.66. The molecule has 1 N–H and O–H groups in total. The Morgan fingerprint density at radius 3 is 2.56 bits per heavy atom. The Kier molecular flexibility index (Phi) is 7.44. The maximum absolute atomic E-state index is 12.9. The Labute approximate surface area is 187 Å². The van der Waals surface area contributed by atoms with E-state index in [1.54, 1.807) is 29.2 Å². The molecule has 0 aromatic heterocycles. The molecule has 1 aliphatic heterocycles. The van der Waals surface area contributed by atoms with Crippen LogP contribution in [0.3, 0.4) is 0 Å². The normalized spacial score (nSPS) is 14.8. The Hall–Kier alpha value is -3.01. The van der Waals surface area contributed by atoms with E-state index in [0.29, 0.717) is 49.3 Å². The van der Waals surface area contributed by atoms with Crippen LogP contribution in [0, 0.1) is 16.0 Å². The summed E-state index contributed by atoms with van der Waals surface area (Å²) in [6.07, 6.45) is -3.80. The molecule has 1 saturated heterocycles. The van der Waals surface area contributed by atoms with Gasteiger partial charge in [0, 0.05) is 30.1 Å². The van der Waals surface area contributed by atoms with Gasteiger partial charge in [0.25, 0.3) is 5.69 Å². The highest BCUT2D eigenvalue weighted by Gasteiger charge is 2.34. The number of halogens is 4. The number of anilines is 1. The first kappa shape index (κ1) is 23.6. The van der Waals surface area contributed by atoms with Crippen molar-refractivity contribution in [3.05, 3.63) is 63.2 Å². The van der Waals surface area contributed by atoms with Gasteiger partial charge in [0.2, 0.25) is 5.91 Å². The first-order valence-electron chi connectivity index (χ1n) is 9.92. The lowest BCUT2D eigenvalue weighted by atomic mass is 9.95. The van der Waals surface area contributed by atoms with Crippen molar-refractivity contribution < 1.29 is 27.6 Å². The first-order chi connectivity index (χ1) is 15.1. The van der Waals surface area contributed by atoms with Crippen LogP contribution < -0.4 is 15.0 Å². The molecule has 172 valence electrons. The fourth-order valence-electron chi connectivity index (χ4n) is 3.54. The number of alkyl halides is 3. The van der Waals surface area contributed by atoms with Crippen LogP contribution in [0.15, 0.2) is 42.5 Å². The van der Waals surface area contributed by atoms with Crippen LogP contribution in [0.25, 0.3) is 0 Å². The van der Waals surface area contributed by atoms with Gasteiger partial charge in [0.1, 0.15) is 18.0 Å². The summed E-state index contributed by atoms with van der Waals surface area (Å²) in [7, 11) is 0. The second kappa shape index (κ2) is 10.1. The highest BCUT2D eigenvalue weighted by Crippen LogP contribution is 2.37. The molecule has 32 heavy (non-hydrogen) atoms. The minimum absolute atomic E-state index is 0.122. The van der Waals surface area contributed by atoms with E-state index < -0.39 is 22.4 Å². The van der Waals surface area contributed by atoms with Crippen molar-refractivity contribution in [2.75, 3.05) is 31.1 Å². The number of nitrogens with zero attached hydrogens (tertiary/aromatic N) is 2. The maximum atomic E-state index is 12.9. The van der Waals surface area contributed by atoms with Crippen LogP contribution in [-0.2, 0) is 11.0 Å². The summed E-state index contributed by atoms with van der Waals surface area (Å²) < 4.78 is 44.2. The predicted molar refractivity (Wildman–Crippen MR) is 113 cm³/mol. The van der Waals surface area contributed by atoms with E-state index >= 15 is 0 Å². The molecule has 1 fully saturated rings. The van der Waals surface area contributed by atoms with E-state index in [1.165, 1.54) is 0 Å². The highest BCUT2D eigenvalue weighted by atomic mass is 35.5. The van der Waals surface area contributed by atoms with E-state index in [2.05, 4.69) is 5.32 Å². The summed E-state index contributed by atoms with van der Waals surface area (Å²) in [5, 5.41) is 14.7. The monoisotopic (exact) mass is 471 g/mol. The molecule has 2 aromatic rings.